The van der Waals surface area contributed by atoms with E-state index in [0.717, 1.165) is 5.56 Å². The number of halogens is 1. The van der Waals surface area contributed by atoms with Crippen LogP contribution >= 0.6 is 0 Å². The van der Waals surface area contributed by atoms with Crippen LogP contribution in [0.4, 0.5) is 4.39 Å². The number of nitrogens with two attached hydrogens (primary N) is 1. The first kappa shape index (κ1) is 11.6. The molecule has 1 aromatic carbocycles. The maximum Gasteiger partial charge on any atom is 0.123 e. The van der Waals surface area contributed by atoms with E-state index in [4.69, 9.17) is 5.84 Å². The Morgan fingerprint density at radius 1 is 1.31 bits per heavy atom. The topological polar surface area (TPSA) is 38.0 Å². The molecule has 1 saturated carbocycles. The summed E-state index contributed by atoms with van der Waals surface area (Å²) >= 11 is 0. The molecule has 16 heavy (non-hydrogen) atoms. The average Bonchev–Trinajstić information content (AvgIpc) is 2.69. The lowest BCUT2D eigenvalue weighted by molar-refractivity contribution is 0.304. The molecule has 0 heterocycles. The average molecular weight is 222 g/mol. The van der Waals surface area contributed by atoms with Gasteiger partial charge in [-0.05, 0) is 36.0 Å². The molecule has 3 unspecified atom stereocenters. The highest BCUT2D eigenvalue weighted by Gasteiger charge is 2.31. The molecule has 0 aromatic heterocycles. The fraction of sp³-hybridized carbons (Fsp3) is 0.538. The predicted octanol–water partition coefficient (Wildman–Crippen LogP) is 2.77. The molecule has 1 aliphatic rings. The van der Waals surface area contributed by atoms with Crippen molar-refractivity contribution in [1.29, 1.82) is 0 Å². The minimum Gasteiger partial charge on any atom is -0.271 e. The van der Waals surface area contributed by atoms with Crippen molar-refractivity contribution in [2.45, 2.75) is 32.2 Å². The molecule has 3 heteroatoms. The van der Waals surface area contributed by atoms with Crippen molar-refractivity contribution in [2.75, 3.05) is 0 Å². The molecule has 0 saturated heterocycles. The second-order valence-corrected chi connectivity index (χ2v) is 4.77. The second kappa shape index (κ2) is 4.93. The predicted molar refractivity (Wildman–Crippen MR) is 63.0 cm³/mol. The van der Waals surface area contributed by atoms with Gasteiger partial charge in [-0.1, -0.05) is 31.9 Å². The summed E-state index contributed by atoms with van der Waals surface area (Å²) in [6, 6.07) is 6.80. The molecule has 0 bridgehead atoms. The van der Waals surface area contributed by atoms with Gasteiger partial charge in [-0.15, -0.1) is 0 Å². The third kappa shape index (κ3) is 2.25. The van der Waals surface area contributed by atoms with E-state index >= 15 is 0 Å². The molecule has 1 fully saturated rings. The van der Waals surface area contributed by atoms with Crippen LogP contribution in [0.1, 0.15) is 37.8 Å². The zero-order valence-electron chi connectivity index (χ0n) is 9.62. The van der Waals surface area contributed by atoms with Crippen molar-refractivity contribution in [2.24, 2.45) is 17.7 Å². The van der Waals surface area contributed by atoms with Crippen LogP contribution in [0.25, 0.3) is 0 Å². The molecular formula is C13H19FN2. The second-order valence-electron chi connectivity index (χ2n) is 4.77. The van der Waals surface area contributed by atoms with Crippen LogP contribution in [-0.2, 0) is 0 Å². The van der Waals surface area contributed by atoms with Gasteiger partial charge >= 0.3 is 0 Å². The number of nitrogens with one attached hydrogen (secondary N) is 1. The normalized spacial score (nSPS) is 26.9. The largest absolute Gasteiger partial charge is 0.271 e. The van der Waals surface area contributed by atoms with Gasteiger partial charge in [0.05, 0.1) is 0 Å². The lowest BCUT2D eigenvalue weighted by Crippen LogP contribution is -2.34. The highest BCUT2D eigenvalue weighted by atomic mass is 19.1. The van der Waals surface area contributed by atoms with Crippen LogP contribution in [0.5, 0.6) is 0 Å². The lowest BCUT2D eigenvalue weighted by Gasteiger charge is -2.26. The molecule has 2 rings (SSSR count). The summed E-state index contributed by atoms with van der Waals surface area (Å²) in [6.45, 7) is 2.27. The van der Waals surface area contributed by atoms with E-state index in [2.05, 4.69) is 12.3 Å². The Morgan fingerprint density at radius 2 is 2.00 bits per heavy atom. The number of hydrogen-bond acceptors (Lipinski definition) is 2. The summed E-state index contributed by atoms with van der Waals surface area (Å²) in [6.07, 6.45) is 3.74. The molecule has 0 radical (unpaired) electrons. The lowest BCUT2D eigenvalue weighted by atomic mass is 9.86. The van der Waals surface area contributed by atoms with Gasteiger partial charge in [0.25, 0.3) is 0 Å². The molecule has 1 aromatic rings. The van der Waals surface area contributed by atoms with Crippen LogP contribution in [0, 0.1) is 17.7 Å². The van der Waals surface area contributed by atoms with Crippen LogP contribution in [0.15, 0.2) is 24.3 Å². The standard InChI is InChI=1S/C13H19FN2/c1-9-3-2-4-12(9)13(16-15)10-5-7-11(14)8-6-10/h5-9,12-13,16H,2-4,15H2,1H3. The zero-order valence-corrected chi connectivity index (χ0v) is 9.62. The number of benzene rings is 1. The van der Waals surface area contributed by atoms with E-state index in [1.54, 1.807) is 0 Å². The monoisotopic (exact) mass is 222 g/mol. The minimum absolute atomic E-state index is 0.151. The maximum absolute atomic E-state index is 12.9. The fourth-order valence-electron chi connectivity index (χ4n) is 2.81. The van der Waals surface area contributed by atoms with Crippen molar-refractivity contribution in [1.82, 2.24) is 5.43 Å². The first-order valence-electron chi connectivity index (χ1n) is 5.94. The Balaban J connectivity index is 2.18. The SMILES string of the molecule is CC1CCCC1C(NN)c1ccc(F)cc1. The quantitative estimate of drug-likeness (QED) is 0.609. The molecular weight excluding hydrogens is 203 g/mol. The summed E-state index contributed by atoms with van der Waals surface area (Å²) in [4.78, 5) is 0. The summed E-state index contributed by atoms with van der Waals surface area (Å²) < 4.78 is 12.9. The van der Waals surface area contributed by atoms with Gasteiger partial charge in [-0.25, -0.2) is 4.39 Å². The number of hydrazine groups is 1. The Kier molecular flexibility index (Phi) is 3.56. The van der Waals surface area contributed by atoms with Crippen LogP contribution in [0.3, 0.4) is 0 Å². The summed E-state index contributed by atoms with van der Waals surface area (Å²) in [7, 11) is 0. The first-order chi connectivity index (χ1) is 7.72. The maximum atomic E-state index is 12.9. The zero-order chi connectivity index (χ0) is 11.5. The summed E-state index contributed by atoms with van der Waals surface area (Å²) in [5, 5.41) is 0. The fourth-order valence-corrected chi connectivity index (χ4v) is 2.81. The van der Waals surface area contributed by atoms with Gasteiger partial charge in [0.15, 0.2) is 0 Å². The third-order valence-corrected chi connectivity index (χ3v) is 3.76. The molecule has 3 N–H and O–H groups in total. The van der Waals surface area contributed by atoms with Crippen molar-refractivity contribution >= 4 is 0 Å². The summed E-state index contributed by atoms with van der Waals surface area (Å²) in [5.41, 5.74) is 3.97. The van der Waals surface area contributed by atoms with E-state index in [1.807, 2.05) is 12.1 Å². The van der Waals surface area contributed by atoms with Crippen molar-refractivity contribution in [3.05, 3.63) is 35.6 Å². The Morgan fingerprint density at radius 3 is 2.50 bits per heavy atom. The van der Waals surface area contributed by atoms with Crippen LogP contribution in [-0.4, -0.2) is 0 Å². The molecule has 2 nitrogen and oxygen atoms in total. The minimum atomic E-state index is -0.195. The van der Waals surface area contributed by atoms with Crippen LogP contribution in [0.2, 0.25) is 0 Å². The number of hydrogen-bond donors (Lipinski definition) is 2. The van der Waals surface area contributed by atoms with Crippen LogP contribution < -0.4 is 11.3 Å². The Hall–Kier alpha value is -0.930. The molecule has 0 aliphatic heterocycles. The van der Waals surface area contributed by atoms with Gasteiger partial charge in [-0.2, -0.15) is 0 Å². The van der Waals surface area contributed by atoms with Crippen molar-refractivity contribution < 1.29 is 4.39 Å². The highest BCUT2D eigenvalue weighted by molar-refractivity contribution is 5.21. The molecule has 0 spiro atoms. The van der Waals surface area contributed by atoms with E-state index in [1.165, 1.54) is 31.4 Å². The number of rotatable bonds is 3. The Bertz CT molecular complexity index is 336. The molecule has 0 amide bonds. The summed E-state index contributed by atoms with van der Waals surface area (Å²) in [5.74, 6) is 6.70. The molecule has 1 aliphatic carbocycles. The van der Waals surface area contributed by atoms with E-state index in [-0.39, 0.29) is 11.9 Å². The van der Waals surface area contributed by atoms with Gasteiger partial charge < -0.3 is 0 Å². The van der Waals surface area contributed by atoms with E-state index in [9.17, 15) is 4.39 Å². The first-order valence-corrected chi connectivity index (χ1v) is 5.94. The Labute approximate surface area is 96.0 Å². The smallest absolute Gasteiger partial charge is 0.123 e. The van der Waals surface area contributed by atoms with E-state index < -0.39 is 0 Å². The van der Waals surface area contributed by atoms with Gasteiger partial charge in [0.2, 0.25) is 0 Å². The highest BCUT2D eigenvalue weighted by Crippen LogP contribution is 2.39. The third-order valence-electron chi connectivity index (χ3n) is 3.76. The molecule has 88 valence electrons. The van der Waals surface area contributed by atoms with Crippen molar-refractivity contribution in [3.8, 4) is 0 Å². The molecule has 3 atom stereocenters. The van der Waals surface area contributed by atoms with Crippen molar-refractivity contribution in [3.63, 3.8) is 0 Å². The van der Waals surface area contributed by atoms with Gasteiger partial charge in [0, 0.05) is 6.04 Å². The van der Waals surface area contributed by atoms with Gasteiger partial charge in [-0.3, -0.25) is 11.3 Å². The van der Waals surface area contributed by atoms with E-state index in [0.29, 0.717) is 11.8 Å². The van der Waals surface area contributed by atoms with Gasteiger partial charge in [0.1, 0.15) is 5.82 Å².